The quantitative estimate of drug-likeness (QED) is 0.408. The maximum Gasteiger partial charge on any atom is 0.264 e. The number of Topliss-reactive ketones (excluding diaryl/α,β-unsaturated/α-hetero) is 1. The molecular weight excluding hydrogens is 494 g/mol. The molecule has 8 heteroatoms. The van der Waals surface area contributed by atoms with Crippen LogP contribution in [0, 0.1) is 6.92 Å². The van der Waals surface area contributed by atoms with Crippen LogP contribution in [0.15, 0.2) is 76.1 Å². The standard InChI is InChI=1S/C24H24BrNO5S/c1-17-18(8-7-11-22(17)25)14-19(27)16-26(32(28,29)21-9-5-4-6-10-21)23-15-20(30-2)12-13-24(23)31-3/h4-13,15H,14,16H2,1-3H3. The normalized spacial score (nSPS) is 11.1. The predicted molar refractivity (Wildman–Crippen MR) is 128 cm³/mol. The summed E-state index contributed by atoms with van der Waals surface area (Å²) in [7, 11) is -1.11. The third-order valence-electron chi connectivity index (χ3n) is 5.07. The Bertz CT molecular complexity index is 1210. The second-order valence-corrected chi connectivity index (χ2v) is 9.82. The van der Waals surface area contributed by atoms with Crippen molar-refractivity contribution in [2.75, 3.05) is 25.1 Å². The number of ketones is 1. The summed E-state index contributed by atoms with van der Waals surface area (Å²) in [4.78, 5) is 13.2. The Balaban J connectivity index is 2.05. The van der Waals surface area contributed by atoms with Crippen LogP contribution in [0.1, 0.15) is 11.1 Å². The molecule has 0 N–H and O–H groups in total. The molecule has 32 heavy (non-hydrogen) atoms. The first kappa shape index (κ1) is 23.8. The number of sulfonamides is 1. The Morgan fingerprint density at radius 2 is 1.69 bits per heavy atom. The van der Waals surface area contributed by atoms with Crippen LogP contribution in [-0.4, -0.2) is 35.0 Å². The topological polar surface area (TPSA) is 72.9 Å². The van der Waals surface area contributed by atoms with Crippen LogP contribution in [0.5, 0.6) is 11.5 Å². The maximum absolute atomic E-state index is 13.6. The Kier molecular flexibility index (Phi) is 7.58. The molecule has 3 aromatic carbocycles. The number of rotatable bonds is 9. The summed E-state index contributed by atoms with van der Waals surface area (Å²) in [5.74, 6) is 0.511. The summed E-state index contributed by atoms with van der Waals surface area (Å²) in [6.45, 7) is 1.56. The second kappa shape index (κ2) is 10.2. The average molecular weight is 518 g/mol. The van der Waals surface area contributed by atoms with E-state index in [9.17, 15) is 13.2 Å². The highest BCUT2D eigenvalue weighted by Crippen LogP contribution is 2.35. The number of hydrogen-bond acceptors (Lipinski definition) is 5. The van der Waals surface area contributed by atoms with Gasteiger partial charge < -0.3 is 9.47 Å². The Morgan fingerprint density at radius 1 is 0.969 bits per heavy atom. The zero-order valence-corrected chi connectivity index (χ0v) is 20.4. The summed E-state index contributed by atoms with van der Waals surface area (Å²) >= 11 is 3.47. The van der Waals surface area contributed by atoms with Crippen molar-refractivity contribution < 1.29 is 22.7 Å². The monoisotopic (exact) mass is 517 g/mol. The molecule has 0 heterocycles. The van der Waals surface area contributed by atoms with Crippen LogP contribution in [0.3, 0.4) is 0 Å². The highest BCUT2D eigenvalue weighted by atomic mass is 79.9. The zero-order chi connectivity index (χ0) is 23.3. The molecule has 0 aromatic heterocycles. The van der Waals surface area contributed by atoms with Gasteiger partial charge in [0.15, 0.2) is 5.78 Å². The lowest BCUT2D eigenvalue weighted by Crippen LogP contribution is -2.36. The van der Waals surface area contributed by atoms with Gasteiger partial charge in [0, 0.05) is 17.0 Å². The average Bonchev–Trinajstić information content (AvgIpc) is 2.80. The Morgan fingerprint density at radius 3 is 2.34 bits per heavy atom. The number of ether oxygens (including phenoxy) is 2. The van der Waals surface area contributed by atoms with Crippen LogP contribution in [0.4, 0.5) is 5.69 Å². The first-order chi connectivity index (χ1) is 15.3. The number of hydrogen-bond donors (Lipinski definition) is 0. The summed E-state index contributed by atoms with van der Waals surface area (Å²) in [5.41, 5.74) is 2.01. The SMILES string of the molecule is COc1ccc(OC)c(N(CC(=O)Cc2cccc(Br)c2C)S(=O)(=O)c2ccccc2)c1. The fraction of sp³-hybridized carbons (Fsp3) is 0.208. The zero-order valence-electron chi connectivity index (χ0n) is 18.0. The highest BCUT2D eigenvalue weighted by Gasteiger charge is 2.30. The van der Waals surface area contributed by atoms with E-state index in [0.717, 1.165) is 19.9 Å². The molecule has 0 radical (unpaired) electrons. The van der Waals surface area contributed by atoms with Crippen molar-refractivity contribution in [2.24, 2.45) is 0 Å². The molecule has 3 rings (SSSR count). The minimum absolute atomic E-state index is 0.0799. The summed E-state index contributed by atoms with van der Waals surface area (Å²) < 4.78 is 39.8. The number of nitrogens with zero attached hydrogens (tertiary/aromatic N) is 1. The molecule has 168 valence electrons. The van der Waals surface area contributed by atoms with Crippen molar-refractivity contribution in [3.05, 3.63) is 82.3 Å². The van der Waals surface area contributed by atoms with Crippen LogP contribution < -0.4 is 13.8 Å². The third kappa shape index (κ3) is 5.14. The van der Waals surface area contributed by atoms with E-state index in [0.29, 0.717) is 11.5 Å². The van der Waals surface area contributed by atoms with Crippen molar-refractivity contribution in [3.63, 3.8) is 0 Å². The van der Waals surface area contributed by atoms with Gasteiger partial charge in [-0.15, -0.1) is 0 Å². The lowest BCUT2D eigenvalue weighted by Gasteiger charge is -2.26. The Labute approximate surface area is 197 Å². The van der Waals surface area contributed by atoms with Crippen LogP contribution in [0.25, 0.3) is 0 Å². The van der Waals surface area contributed by atoms with E-state index in [1.54, 1.807) is 36.4 Å². The van der Waals surface area contributed by atoms with Gasteiger partial charge in [-0.25, -0.2) is 8.42 Å². The largest absolute Gasteiger partial charge is 0.497 e. The summed E-state index contributed by atoms with van der Waals surface area (Å²) in [5, 5.41) is 0. The molecule has 0 amide bonds. The molecule has 0 saturated heterocycles. The van der Waals surface area contributed by atoms with Gasteiger partial charge in [-0.3, -0.25) is 9.10 Å². The van der Waals surface area contributed by atoms with E-state index in [4.69, 9.17) is 9.47 Å². The molecule has 0 bridgehead atoms. The molecule has 0 fully saturated rings. The predicted octanol–water partition coefficient (Wildman–Crippen LogP) is 4.78. The van der Waals surface area contributed by atoms with Gasteiger partial charge in [-0.1, -0.05) is 46.3 Å². The third-order valence-corrected chi connectivity index (χ3v) is 7.71. The van der Waals surface area contributed by atoms with Crippen LogP contribution in [0.2, 0.25) is 0 Å². The van der Waals surface area contributed by atoms with Crippen LogP contribution in [-0.2, 0) is 21.2 Å². The molecule has 0 spiro atoms. The lowest BCUT2D eigenvalue weighted by molar-refractivity contribution is -0.117. The molecule has 0 atom stereocenters. The highest BCUT2D eigenvalue weighted by molar-refractivity contribution is 9.10. The molecule has 0 aliphatic carbocycles. The van der Waals surface area contributed by atoms with Crippen molar-refractivity contribution in [3.8, 4) is 11.5 Å². The number of methoxy groups -OCH3 is 2. The fourth-order valence-corrected chi connectivity index (χ4v) is 5.16. The molecular formula is C24H24BrNO5S. The molecule has 0 unspecified atom stereocenters. The first-order valence-electron chi connectivity index (χ1n) is 9.83. The van der Waals surface area contributed by atoms with Crippen LogP contribution >= 0.6 is 15.9 Å². The number of carbonyl (C=O) groups is 1. The fourth-order valence-electron chi connectivity index (χ4n) is 3.28. The molecule has 3 aromatic rings. The van der Waals surface area contributed by atoms with Gasteiger partial charge in [0.25, 0.3) is 10.0 Å². The van der Waals surface area contributed by atoms with E-state index < -0.39 is 10.0 Å². The van der Waals surface area contributed by atoms with Crippen molar-refractivity contribution in [1.29, 1.82) is 0 Å². The van der Waals surface area contributed by atoms with Gasteiger partial charge in [0.05, 0.1) is 31.3 Å². The summed E-state index contributed by atoms with van der Waals surface area (Å²) in [6.07, 6.45) is 0.0956. The summed E-state index contributed by atoms with van der Waals surface area (Å²) in [6, 6.07) is 18.5. The lowest BCUT2D eigenvalue weighted by atomic mass is 10.0. The van der Waals surface area contributed by atoms with E-state index >= 15 is 0 Å². The van der Waals surface area contributed by atoms with Gasteiger partial charge >= 0.3 is 0 Å². The van der Waals surface area contributed by atoms with Gasteiger partial charge in [-0.2, -0.15) is 0 Å². The molecule has 0 aliphatic heterocycles. The van der Waals surface area contributed by atoms with Crippen molar-refractivity contribution in [2.45, 2.75) is 18.2 Å². The number of carbonyl (C=O) groups excluding carboxylic acids is 1. The number of halogens is 1. The van der Waals surface area contributed by atoms with E-state index in [-0.39, 0.29) is 29.3 Å². The molecule has 0 aliphatic rings. The minimum atomic E-state index is -4.05. The van der Waals surface area contributed by atoms with E-state index in [2.05, 4.69) is 15.9 Å². The van der Waals surface area contributed by atoms with E-state index in [1.807, 2.05) is 25.1 Å². The number of benzene rings is 3. The molecule has 6 nitrogen and oxygen atoms in total. The Hall–Kier alpha value is -2.84. The van der Waals surface area contributed by atoms with E-state index in [1.165, 1.54) is 26.4 Å². The number of anilines is 1. The smallest absolute Gasteiger partial charge is 0.264 e. The maximum atomic E-state index is 13.6. The van der Waals surface area contributed by atoms with Gasteiger partial charge in [0.1, 0.15) is 11.5 Å². The minimum Gasteiger partial charge on any atom is -0.497 e. The van der Waals surface area contributed by atoms with Crippen molar-refractivity contribution >= 4 is 37.4 Å². The first-order valence-corrected chi connectivity index (χ1v) is 12.1. The second-order valence-electron chi connectivity index (χ2n) is 7.10. The van der Waals surface area contributed by atoms with Gasteiger partial charge in [0.2, 0.25) is 0 Å². The van der Waals surface area contributed by atoms with Gasteiger partial charge in [-0.05, 0) is 48.4 Å². The molecule has 0 saturated carbocycles. The van der Waals surface area contributed by atoms with Crippen molar-refractivity contribution in [1.82, 2.24) is 0 Å².